The molecule has 6 nitrogen and oxygen atoms in total. The van der Waals surface area contributed by atoms with Gasteiger partial charge in [0.15, 0.2) is 0 Å². The lowest BCUT2D eigenvalue weighted by Gasteiger charge is -2.12. The first-order valence-electron chi connectivity index (χ1n) is 7.41. The Morgan fingerprint density at radius 1 is 1.23 bits per heavy atom. The average Bonchev–Trinajstić information content (AvgIpc) is 3.06. The molecule has 26 heavy (non-hydrogen) atoms. The third-order valence-corrected chi connectivity index (χ3v) is 4.64. The van der Waals surface area contributed by atoms with Crippen LogP contribution in [0.2, 0.25) is 5.02 Å². The van der Waals surface area contributed by atoms with Crippen molar-refractivity contribution in [3.8, 4) is 5.69 Å². The van der Waals surface area contributed by atoms with Gasteiger partial charge in [-0.3, -0.25) is 4.79 Å². The summed E-state index contributed by atoms with van der Waals surface area (Å²) < 4.78 is 28.1. The Morgan fingerprint density at radius 2 is 1.96 bits per heavy atom. The number of halogens is 3. The molecule has 0 radical (unpaired) electrons. The Morgan fingerprint density at radius 3 is 2.65 bits per heavy atom. The van der Waals surface area contributed by atoms with E-state index < -0.39 is 22.8 Å². The van der Waals surface area contributed by atoms with E-state index in [1.54, 1.807) is 31.2 Å². The molecule has 1 unspecified atom stereocenters. The smallest absolute Gasteiger partial charge is 0.237 e. The highest BCUT2D eigenvalue weighted by Gasteiger charge is 2.20. The SMILES string of the molecule is CC(Sc1nnnn1-c1ccc(Cl)cc1)C(=O)Nc1ccc(F)cc1F. The fourth-order valence-corrected chi connectivity index (χ4v) is 2.97. The molecule has 0 spiro atoms. The standard InChI is InChI=1S/C16H12ClF2N5OS/c1-9(15(25)20-14-7-4-11(18)8-13(14)19)26-16-21-22-23-24(16)12-5-2-10(17)3-6-12/h2-9H,1H3,(H,20,25). The number of tetrazole rings is 1. The molecule has 0 aliphatic heterocycles. The Balaban J connectivity index is 1.72. The summed E-state index contributed by atoms with van der Waals surface area (Å²) in [7, 11) is 0. The maximum absolute atomic E-state index is 13.7. The molecule has 0 saturated heterocycles. The second kappa shape index (κ2) is 7.79. The summed E-state index contributed by atoms with van der Waals surface area (Å²) in [5.74, 6) is -2.03. The van der Waals surface area contributed by atoms with Crippen molar-refractivity contribution in [2.75, 3.05) is 5.32 Å². The van der Waals surface area contributed by atoms with Crippen molar-refractivity contribution in [3.63, 3.8) is 0 Å². The topological polar surface area (TPSA) is 72.7 Å². The molecule has 134 valence electrons. The summed E-state index contributed by atoms with van der Waals surface area (Å²) in [6.45, 7) is 1.63. The number of amides is 1. The van der Waals surface area contributed by atoms with E-state index in [1.807, 2.05) is 0 Å². The summed E-state index contributed by atoms with van der Waals surface area (Å²) >= 11 is 6.96. The zero-order valence-electron chi connectivity index (χ0n) is 13.4. The number of carbonyl (C=O) groups excluding carboxylic acids is 1. The van der Waals surface area contributed by atoms with Gasteiger partial charge in [-0.15, -0.1) is 5.10 Å². The minimum absolute atomic E-state index is 0.0962. The molecule has 1 amide bonds. The summed E-state index contributed by atoms with van der Waals surface area (Å²) in [6, 6.07) is 9.80. The van der Waals surface area contributed by atoms with Crippen LogP contribution in [0.15, 0.2) is 47.6 Å². The van der Waals surface area contributed by atoms with E-state index in [9.17, 15) is 13.6 Å². The number of rotatable bonds is 5. The predicted octanol–water partition coefficient (Wildman–Crippen LogP) is 3.71. The molecule has 0 saturated carbocycles. The van der Waals surface area contributed by atoms with Crippen molar-refractivity contribution in [2.24, 2.45) is 0 Å². The first-order valence-corrected chi connectivity index (χ1v) is 8.66. The van der Waals surface area contributed by atoms with Gasteiger partial charge >= 0.3 is 0 Å². The lowest BCUT2D eigenvalue weighted by Crippen LogP contribution is -2.23. The van der Waals surface area contributed by atoms with Crippen LogP contribution in [-0.2, 0) is 4.79 Å². The van der Waals surface area contributed by atoms with Crippen molar-refractivity contribution in [1.82, 2.24) is 20.2 Å². The molecule has 10 heteroatoms. The molecule has 0 bridgehead atoms. The van der Waals surface area contributed by atoms with Gasteiger partial charge in [0.2, 0.25) is 11.1 Å². The van der Waals surface area contributed by atoms with E-state index in [1.165, 1.54) is 4.68 Å². The van der Waals surface area contributed by atoms with Crippen LogP contribution in [0.5, 0.6) is 0 Å². The second-order valence-electron chi connectivity index (χ2n) is 5.22. The Bertz CT molecular complexity index is 935. The molecule has 1 N–H and O–H groups in total. The average molecular weight is 396 g/mol. The van der Waals surface area contributed by atoms with Crippen molar-refractivity contribution < 1.29 is 13.6 Å². The van der Waals surface area contributed by atoms with Crippen LogP contribution in [0.25, 0.3) is 5.69 Å². The number of nitrogens with one attached hydrogen (secondary N) is 1. The van der Waals surface area contributed by atoms with E-state index in [2.05, 4.69) is 20.8 Å². The van der Waals surface area contributed by atoms with Gasteiger partial charge in [0.25, 0.3) is 0 Å². The van der Waals surface area contributed by atoms with Gasteiger partial charge in [0, 0.05) is 11.1 Å². The van der Waals surface area contributed by atoms with E-state index in [-0.39, 0.29) is 5.69 Å². The second-order valence-corrected chi connectivity index (χ2v) is 6.97. The van der Waals surface area contributed by atoms with Gasteiger partial charge in [-0.25, -0.2) is 8.78 Å². The van der Waals surface area contributed by atoms with Crippen LogP contribution >= 0.6 is 23.4 Å². The van der Waals surface area contributed by atoms with Crippen LogP contribution < -0.4 is 5.32 Å². The molecule has 3 aromatic rings. The van der Waals surface area contributed by atoms with Gasteiger partial charge in [-0.2, -0.15) is 4.68 Å². The Hall–Kier alpha value is -2.52. The highest BCUT2D eigenvalue weighted by atomic mass is 35.5. The molecular formula is C16H12ClF2N5OS. The Labute approximate surface area is 156 Å². The fourth-order valence-electron chi connectivity index (χ4n) is 2.03. The van der Waals surface area contributed by atoms with Crippen LogP contribution in [0.4, 0.5) is 14.5 Å². The van der Waals surface area contributed by atoms with Gasteiger partial charge < -0.3 is 5.32 Å². The molecule has 0 fully saturated rings. The number of thioether (sulfide) groups is 1. The summed E-state index contributed by atoms with van der Waals surface area (Å²) in [5, 5.41) is 14.2. The highest BCUT2D eigenvalue weighted by Crippen LogP contribution is 2.25. The van der Waals surface area contributed by atoms with E-state index in [0.29, 0.717) is 21.9 Å². The van der Waals surface area contributed by atoms with Crippen molar-refractivity contribution in [3.05, 3.63) is 59.1 Å². The first-order chi connectivity index (χ1) is 12.4. The lowest BCUT2D eigenvalue weighted by molar-refractivity contribution is -0.115. The first kappa shape index (κ1) is 18.3. The molecular weight excluding hydrogens is 384 g/mol. The number of aromatic nitrogens is 4. The van der Waals surface area contributed by atoms with E-state index in [0.717, 1.165) is 23.9 Å². The fraction of sp³-hybridized carbons (Fsp3) is 0.125. The minimum Gasteiger partial charge on any atom is -0.323 e. The highest BCUT2D eigenvalue weighted by molar-refractivity contribution is 8.00. The van der Waals surface area contributed by atoms with Gasteiger partial charge in [0.05, 0.1) is 16.6 Å². The van der Waals surface area contributed by atoms with Crippen molar-refractivity contribution in [1.29, 1.82) is 0 Å². The number of hydrogen-bond acceptors (Lipinski definition) is 5. The lowest BCUT2D eigenvalue weighted by atomic mass is 10.3. The van der Waals surface area contributed by atoms with E-state index >= 15 is 0 Å². The quantitative estimate of drug-likeness (QED) is 0.667. The van der Waals surface area contributed by atoms with Gasteiger partial charge in [-0.05, 0) is 53.7 Å². The molecule has 0 aliphatic rings. The number of benzene rings is 2. The maximum atomic E-state index is 13.7. The number of nitrogens with zero attached hydrogens (tertiary/aromatic N) is 4. The van der Waals surface area contributed by atoms with Crippen molar-refractivity contribution >= 4 is 35.0 Å². The van der Waals surface area contributed by atoms with E-state index in [4.69, 9.17) is 11.6 Å². The zero-order valence-corrected chi connectivity index (χ0v) is 14.9. The van der Waals surface area contributed by atoms with Crippen LogP contribution in [0.3, 0.4) is 0 Å². The number of anilines is 1. The summed E-state index contributed by atoms with van der Waals surface area (Å²) in [6.07, 6.45) is 0. The van der Waals surface area contributed by atoms with Crippen molar-refractivity contribution in [2.45, 2.75) is 17.3 Å². The van der Waals surface area contributed by atoms with Crippen LogP contribution in [0.1, 0.15) is 6.92 Å². The third-order valence-electron chi connectivity index (χ3n) is 3.35. The molecule has 3 rings (SSSR count). The van der Waals surface area contributed by atoms with Gasteiger partial charge in [0.1, 0.15) is 11.6 Å². The monoisotopic (exact) mass is 395 g/mol. The molecule has 1 atom stereocenters. The third kappa shape index (κ3) is 4.17. The molecule has 0 aliphatic carbocycles. The normalized spacial score (nSPS) is 12.0. The van der Waals surface area contributed by atoms with Crippen LogP contribution in [-0.4, -0.2) is 31.4 Å². The molecule has 1 heterocycles. The zero-order chi connectivity index (χ0) is 18.7. The molecule has 1 aromatic heterocycles. The Kier molecular flexibility index (Phi) is 5.48. The predicted molar refractivity (Wildman–Crippen MR) is 94.5 cm³/mol. The minimum atomic E-state index is -0.846. The van der Waals surface area contributed by atoms with Crippen LogP contribution in [0, 0.1) is 11.6 Å². The van der Waals surface area contributed by atoms with Gasteiger partial charge in [-0.1, -0.05) is 23.4 Å². The summed E-state index contributed by atoms with van der Waals surface area (Å²) in [4.78, 5) is 12.3. The molecule has 2 aromatic carbocycles. The largest absolute Gasteiger partial charge is 0.323 e. The number of hydrogen-bond donors (Lipinski definition) is 1. The number of carbonyl (C=O) groups is 1. The summed E-state index contributed by atoms with van der Waals surface area (Å²) in [5.41, 5.74) is 0.584. The maximum Gasteiger partial charge on any atom is 0.237 e.